The number of aromatic nitrogens is 2. The van der Waals surface area contributed by atoms with Gasteiger partial charge in [0, 0.05) is 18.0 Å². The molecule has 0 bridgehead atoms. The van der Waals surface area contributed by atoms with E-state index in [9.17, 15) is 9.50 Å². The summed E-state index contributed by atoms with van der Waals surface area (Å²) in [6, 6.07) is 9.55. The summed E-state index contributed by atoms with van der Waals surface area (Å²) in [5, 5.41) is 9.59. The predicted molar refractivity (Wildman–Crippen MR) is 75.1 cm³/mol. The molecule has 2 aromatic heterocycles. The fourth-order valence-electron chi connectivity index (χ4n) is 2.13. The maximum atomic E-state index is 12.9. The second-order valence-corrected chi connectivity index (χ2v) is 4.59. The maximum Gasteiger partial charge on any atom is 0.226 e. The van der Waals surface area contributed by atoms with Crippen molar-refractivity contribution in [3.63, 3.8) is 0 Å². The van der Waals surface area contributed by atoms with E-state index in [4.69, 9.17) is 4.42 Å². The number of benzene rings is 1. The van der Waals surface area contributed by atoms with Gasteiger partial charge in [-0.25, -0.2) is 9.37 Å². The third-order valence-corrected chi connectivity index (χ3v) is 3.25. The molecular weight excluding hydrogens is 271 g/mol. The van der Waals surface area contributed by atoms with Crippen LogP contribution in [0.3, 0.4) is 0 Å². The lowest BCUT2D eigenvalue weighted by Crippen LogP contribution is -2.04. The number of aliphatic hydroxyl groups is 1. The molecule has 1 aromatic carbocycles. The molecule has 0 radical (unpaired) electrons. The second kappa shape index (κ2) is 5.85. The monoisotopic (exact) mass is 284 g/mol. The summed E-state index contributed by atoms with van der Waals surface area (Å²) >= 11 is 0. The van der Waals surface area contributed by atoms with Gasteiger partial charge in [0.15, 0.2) is 0 Å². The van der Waals surface area contributed by atoms with E-state index >= 15 is 0 Å². The van der Waals surface area contributed by atoms with Crippen LogP contribution in [0.1, 0.15) is 17.2 Å². The smallest absolute Gasteiger partial charge is 0.226 e. The molecule has 0 fully saturated rings. The first-order valence-electron chi connectivity index (χ1n) is 6.50. The minimum absolute atomic E-state index is 0.0952. The van der Waals surface area contributed by atoms with Crippen LogP contribution in [-0.4, -0.2) is 21.7 Å². The third kappa shape index (κ3) is 2.83. The van der Waals surface area contributed by atoms with Gasteiger partial charge in [0.05, 0.1) is 18.7 Å². The Balaban J connectivity index is 1.92. The second-order valence-electron chi connectivity index (χ2n) is 4.59. The molecule has 0 amide bonds. The molecule has 3 aromatic rings. The molecule has 0 aliphatic rings. The van der Waals surface area contributed by atoms with E-state index in [-0.39, 0.29) is 18.3 Å². The van der Waals surface area contributed by atoms with Crippen LogP contribution in [0.25, 0.3) is 11.5 Å². The lowest BCUT2D eigenvalue weighted by Gasteiger charge is -2.10. The topological polar surface area (TPSA) is 59.2 Å². The third-order valence-electron chi connectivity index (χ3n) is 3.25. The molecule has 2 heterocycles. The predicted octanol–water partition coefficient (Wildman–Crippen LogP) is 3.00. The van der Waals surface area contributed by atoms with Crippen LogP contribution >= 0.6 is 0 Å². The Kier molecular flexibility index (Phi) is 3.75. The van der Waals surface area contributed by atoms with Gasteiger partial charge in [0.25, 0.3) is 0 Å². The standard InChI is InChI=1S/C16H13FN2O2/c17-13-3-1-12(2-4-13)16-19-9-15(21-16)14(10-20)11-5-7-18-8-6-11/h1-9,14,20H,10H2. The van der Waals surface area contributed by atoms with E-state index in [1.165, 1.54) is 12.1 Å². The molecule has 0 aliphatic heterocycles. The highest BCUT2D eigenvalue weighted by molar-refractivity contribution is 5.52. The molecule has 1 unspecified atom stereocenters. The van der Waals surface area contributed by atoms with Crippen molar-refractivity contribution in [1.29, 1.82) is 0 Å². The zero-order valence-corrected chi connectivity index (χ0v) is 11.1. The molecule has 21 heavy (non-hydrogen) atoms. The van der Waals surface area contributed by atoms with Crippen LogP contribution in [0.2, 0.25) is 0 Å². The molecule has 0 saturated carbocycles. The highest BCUT2D eigenvalue weighted by atomic mass is 19.1. The van der Waals surface area contributed by atoms with Gasteiger partial charge < -0.3 is 9.52 Å². The minimum atomic E-state index is -0.310. The molecule has 4 nitrogen and oxygen atoms in total. The van der Waals surface area contributed by atoms with Crippen LogP contribution in [-0.2, 0) is 0 Å². The average Bonchev–Trinajstić information content (AvgIpc) is 2.99. The lowest BCUT2D eigenvalue weighted by molar-refractivity contribution is 0.267. The number of oxazole rings is 1. The Morgan fingerprint density at radius 2 is 1.81 bits per heavy atom. The summed E-state index contributed by atoms with van der Waals surface area (Å²) in [4.78, 5) is 8.15. The van der Waals surface area contributed by atoms with Crippen molar-refractivity contribution >= 4 is 0 Å². The number of nitrogens with zero attached hydrogens (tertiary/aromatic N) is 2. The molecule has 1 atom stereocenters. The van der Waals surface area contributed by atoms with Crippen LogP contribution in [0.15, 0.2) is 59.4 Å². The maximum absolute atomic E-state index is 12.9. The van der Waals surface area contributed by atoms with Crippen molar-refractivity contribution in [2.24, 2.45) is 0 Å². The highest BCUT2D eigenvalue weighted by Crippen LogP contribution is 2.28. The van der Waals surface area contributed by atoms with Crippen LogP contribution in [0.5, 0.6) is 0 Å². The number of hydrogen-bond donors (Lipinski definition) is 1. The largest absolute Gasteiger partial charge is 0.440 e. The Labute approximate surface area is 120 Å². The summed E-state index contributed by atoms with van der Waals surface area (Å²) < 4.78 is 18.6. The molecule has 0 spiro atoms. The van der Waals surface area contributed by atoms with Gasteiger partial charge in [0.1, 0.15) is 11.6 Å². The quantitative estimate of drug-likeness (QED) is 0.800. The number of hydrogen-bond acceptors (Lipinski definition) is 4. The van der Waals surface area contributed by atoms with Crippen LogP contribution in [0, 0.1) is 5.82 Å². The van der Waals surface area contributed by atoms with Gasteiger partial charge in [-0.05, 0) is 42.0 Å². The van der Waals surface area contributed by atoms with Crippen molar-refractivity contribution in [1.82, 2.24) is 9.97 Å². The van der Waals surface area contributed by atoms with Gasteiger partial charge in [-0.3, -0.25) is 4.98 Å². The van der Waals surface area contributed by atoms with Crippen LogP contribution < -0.4 is 0 Å². The SMILES string of the molecule is OCC(c1ccncc1)c1cnc(-c2ccc(F)cc2)o1. The fraction of sp³-hybridized carbons (Fsp3) is 0.125. The normalized spacial score (nSPS) is 12.3. The lowest BCUT2D eigenvalue weighted by atomic mass is 9.99. The Morgan fingerprint density at radius 3 is 2.48 bits per heavy atom. The van der Waals surface area contributed by atoms with Crippen molar-refractivity contribution < 1.29 is 13.9 Å². The molecule has 0 saturated heterocycles. The Bertz CT molecular complexity index is 711. The first kappa shape index (κ1) is 13.5. The van der Waals surface area contributed by atoms with Gasteiger partial charge in [-0.1, -0.05) is 0 Å². The number of aliphatic hydroxyl groups excluding tert-OH is 1. The summed E-state index contributed by atoms with van der Waals surface area (Å²) in [5.74, 6) is 0.353. The van der Waals surface area contributed by atoms with Crippen molar-refractivity contribution in [2.75, 3.05) is 6.61 Å². The van der Waals surface area contributed by atoms with Crippen molar-refractivity contribution in [2.45, 2.75) is 5.92 Å². The molecular formula is C16H13FN2O2. The number of rotatable bonds is 4. The Morgan fingerprint density at radius 1 is 1.10 bits per heavy atom. The van der Waals surface area contributed by atoms with Crippen molar-refractivity contribution in [3.05, 3.63) is 72.1 Å². The molecule has 3 rings (SSSR count). The van der Waals surface area contributed by atoms with Gasteiger partial charge >= 0.3 is 0 Å². The average molecular weight is 284 g/mol. The summed E-state index contributed by atoms with van der Waals surface area (Å²) in [7, 11) is 0. The van der Waals surface area contributed by atoms with E-state index in [0.717, 1.165) is 5.56 Å². The number of halogens is 1. The molecule has 1 N–H and O–H groups in total. The van der Waals surface area contributed by atoms with E-state index in [2.05, 4.69) is 9.97 Å². The zero-order valence-electron chi connectivity index (χ0n) is 11.1. The highest BCUT2D eigenvalue weighted by Gasteiger charge is 2.18. The van der Waals surface area contributed by atoms with Gasteiger partial charge in [-0.2, -0.15) is 0 Å². The Hall–Kier alpha value is -2.53. The van der Waals surface area contributed by atoms with Crippen molar-refractivity contribution in [3.8, 4) is 11.5 Å². The first-order chi connectivity index (χ1) is 10.3. The molecule has 106 valence electrons. The first-order valence-corrected chi connectivity index (χ1v) is 6.50. The van der Waals surface area contributed by atoms with E-state index in [0.29, 0.717) is 17.2 Å². The van der Waals surface area contributed by atoms with E-state index in [1.807, 2.05) is 12.1 Å². The summed E-state index contributed by atoms with van der Waals surface area (Å²) in [6.07, 6.45) is 4.91. The summed E-state index contributed by atoms with van der Waals surface area (Å²) in [5.41, 5.74) is 1.59. The van der Waals surface area contributed by atoms with E-state index < -0.39 is 0 Å². The fourth-order valence-corrected chi connectivity index (χ4v) is 2.13. The molecule has 0 aliphatic carbocycles. The summed E-state index contributed by atoms with van der Waals surface area (Å²) in [6.45, 7) is -0.0952. The van der Waals surface area contributed by atoms with E-state index in [1.54, 1.807) is 30.7 Å². The van der Waals surface area contributed by atoms with Gasteiger partial charge in [-0.15, -0.1) is 0 Å². The minimum Gasteiger partial charge on any atom is -0.440 e. The number of pyridine rings is 1. The van der Waals surface area contributed by atoms with Crippen LogP contribution in [0.4, 0.5) is 4.39 Å². The van der Waals surface area contributed by atoms with Gasteiger partial charge in [0.2, 0.25) is 5.89 Å². The zero-order chi connectivity index (χ0) is 14.7. The molecule has 5 heteroatoms.